The number of hydrogen-bond acceptors (Lipinski definition) is 3. The fraction of sp³-hybridized carbons (Fsp3) is 0.733. The second kappa shape index (κ2) is 5.35. The third kappa shape index (κ3) is 2.89. The van der Waals surface area contributed by atoms with E-state index in [9.17, 15) is 0 Å². The zero-order valence-corrected chi connectivity index (χ0v) is 11.2. The molecular formula is C15H23N3. The molecule has 0 saturated heterocycles. The van der Waals surface area contributed by atoms with Gasteiger partial charge in [-0.1, -0.05) is 12.8 Å². The molecule has 0 spiro atoms. The van der Waals surface area contributed by atoms with E-state index < -0.39 is 0 Å². The summed E-state index contributed by atoms with van der Waals surface area (Å²) in [5, 5.41) is 3.75. The molecule has 3 unspecified atom stereocenters. The lowest BCUT2D eigenvalue weighted by Crippen LogP contribution is -2.36. The zero-order valence-electron chi connectivity index (χ0n) is 11.2. The van der Waals surface area contributed by atoms with E-state index in [-0.39, 0.29) is 0 Å². The Morgan fingerprint density at radius 2 is 2.06 bits per heavy atom. The third-order valence-electron chi connectivity index (χ3n) is 4.52. The maximum atomic E-state index is 4.39. The van der Waals surface area contributed by atoms with E-state index in [2.05, 4.69) is 22.2 Å². The first-order valence-corrected chi connectivity index (χ1v) is 7.35. The van der Waals surface area contributed by atoms with Crippen LogP contribution in [-0.4, -0.2) is 16.0 Å². The molecule has 2 aliphatic rings. The van der Waals surface area contributed by atoms with Crippen LogP contribution in [0.1, 0.15) is 57.2 Å². The summed E-state index contributed by atoms with van der Waals surface area (Å²) >= 11 is 0. The predicted octanol–water partition coefficient (Wildman–Crippen LogP) is 3.10. The summed E-state index contributed by atoms with van der Waals surface area (Å²) in [6.07, 6.45) is 13.9. The van der Waals surface area contributed by atoms with Crippen molar-refractivity contribution in [2.45, 2.75) is 57.5 Å². The average molecular weight is 245 g/mol. The van der Waals surface area contributed by atoms with Crippen LogP contribution in [0.4, 0.5) is 0 Å². The van der Waals surface area contributed by atoms with Crippen molar-refractivity contribution in [2.75, 3.05) is 0 Å². The summed E-state index contributed by atoms with van der Waals surface area (Å²) in [7, 11) is 0. The molecular weight excluding hydrogens is 222 g/mol. The van der Waals surface area contributed by atoms with Crippen molar-refractivity contribution in [3.05, 3.63) is 24.3 Å². The molecule has 98 valence electrons. The standard InChI is InChI=1S/C15H23N3/c1-11(15-10-16-7-8-17-15)18-14-4-2-3-13(9-14)12-5-6-12/h7-8,10-14,18H,2-6,9H2,1H3. The summed E-state index contributed by atoms with van der Waals surface area (Å²) < 4.78 is 0. The van der Waals surface area contributed by atoms with Gasteiger partial charge in [0.25, 0.3) is 0 Å². The van der Waals surface area contributed by atoms with Crippen LogP contribution in [0.5, 0.6) is 0 Å². The van der Waals surface area contributed by atoms with E-state index in [4.69, 9.17) is 0 Å². The fourth-order valence-corrected chi connectivity index (χ4v) is 3.35. The SMILES string of the molecule is CC(NC1CCCC(C2CC2)C1)c1cnccn1. The van der Waals surface area contributed by atoms with E-state index in [0.717, 1.165) is 17.5 Å². The molecule has 3 heteroatoms. The maximum Gasteiger partial charge on any atom is 0.0753 e. The highest BCUT2D eigenvalue weighted by molar-refractivity contribution is 5.01. The quantitative estimate of drug-likeness (QED) is 0.885. The van der Waals surface area contributed by atoms with Crippen LogP contribution in [0, 0.1) is 11.8 Å². The van der Waals surface area contributed by atoms with Gasteiger partial charge in [0.2, 0.25) is 0 Å². The lowest BCUT2D eigenvalue weighted by atomic mass is 9.82. The Morgan fingerprint density at radius 1 is 1.17 bits per heavy atom. The van der Waals surface area contributed by atoms with Crippen LogP contribution in [0.2, 0.25) is 0 Å². The summed E-state index contributed by atoms with van der Waals surface area (Å²) in [5.41, 5.74) is 1.06. The first-order chi connectivity index (χ1) is 8.83. The maximum absolute atomic E-state index is 4.39. The van der Waals surface area contributed by atoms with Crippen LogP contribution in [0.15, 0.2) is 18.6 Å². The lowest BCUT2D eigenvalue weighted by Gasteiger charge is -2.31. The first-order valence-electron chi connectivity index (χ1n) is 7.35. The monoisotopic (exact) mass is 245 g/mol. The minimum absolute atomic E-state index is 0.321. The van der Waals surface area contributed by atoms with Crippen molar-refractivity contribution in [3.63, 3.8) is 0 Å². The summed E-state index contributed by atoms with van der Waals surface area (Å²) in [6.45, 7) is 2.20. The van der Waals surface area contributed by atoms with Crippen LogP contribution in [0.3, 0.4) is 0 Å². The molecule has 1 aromatic heterocycles. The summed E-state index contributed by atoms with van der Waals surface area (Å²) in [6, 6.07) is 1.00. The zero-order chi connectivity index (χ0) is 12.4. The van der Waals surface area contributed by atoms with Gasteiger partial charge in [-0.15, -0.1) is 0 Å². The molecule has 0 aromatic carbocycles. The first kappa shape index (κ1) is 12.1. The van der Waals surface area contributed by atoms with Crippen molar-refractivity contribution in [3.8, 4) is 0 Å². The van der Waals surface area contributed by atoms with Crippen LogP contribution in [-0.2, 0) is 0 Å². The molecule has 2 fully saturated rings. The molecule has 0 radical (unpaired) electrons. The van der Waals surface area contributed by atoms with Gasteiger partial charge in [-0.3, -0.25) is 9.97 Å². The molecule has 2 aliphatic carbocycles. The molecule has 1 aromatic rings. The highest BCUT2D eigenvalue weighted by Crippen LogP contribution is 2.44. The second-order valence-electron chi connectivity index (χ2n) is 5.98. The molecule has 18 heavy (non-hydrogen) atoms. The van der Waals surface area contributed by atoms with Crippen LogP contribution in [0.25, 0.3) is 0 Å². The smallest absolute Gasteiger partial charge is 0.0753 e. The van der Waals surface area contributed by atoms with Gasteiger partial charge in [0.1, 0.15) is 0 Å². The molecule has 3 rings (SSSR count). The molecule has 3 nitrogen and oxygen atoms in total. The number of nitrogens with one attached hydrogen (secondary N) is 1. The molecule has 1 heterocycles. The largest absolute Gasteiger partial charge is 0.306 e. The molecule has 1 N–H and O–H groups in total. The van der Waals surface area contributed by atoms with Gasteiger partial charge in [-0.25, -0.2) is 0 Å². The Balaban J connectivity index is 1.55. The van der Waals surface area contributed by atoms with E-state index in [0.29, 0.717) is 12.1 Å². The summed E-state index contributed by atoms with van der Waals surface area (Å²) in [4.78, 5) is 8.54. The number of rotatable bonds is 4. The third-order valence-corrected chi connectivity index (χ3v) is 4.52. The van der Waals surface area contributed by atoms with E-state index in [1.165, 1.54) is 38.5 Å². The Morgan fingerprint density at radius 3 is 2.78 bits per heavy atom. The van der Waals surface area contributed by atoms with Gasteiger partial charge >= 0.3 is 0 Å². The normalized spacial score (nSPS) is 30.1. The van der Waals surface area contributed by atoms with E-state index in [1.54, 1.807) is 12.4 Å². The number of nitrogens with zero attached hydrogens (tertiary/aromatic N) is 2. The van der Waals surface area contributed by atoms with Crippen molar-refractivity contribution in [1.82, 2.24) is 15.3 Å². The molecule has 2 saturated carbocycles. The topological polar surface area (TPSA) is 37.8 Å². The fourth-order valence-electron chi connectivity index (χ4n) is 3.35. The Bertz CT molecular complexity index is 375. The van der Waals surface area contributed by atoms with Crippen LogP contribution < -0.4 is 5.32 Å². The minimum atomic E-state index is 0.321. The van der Waals surface area contributed by atoms with E-state index in [1.807, 2.05) is 6.20 Å². The second-order valence-corrected chi connectivity index (χ2v) is 5.98. The van der Waals surface area contributed by atoms with Crippen molar-refractivity contribution in [2.24, 2.45) is 11.8 Å². The molecule has 3 atom stereocenters. The van der Waals surface area contributed by atoms with Crippen molar-refractivity contribution < 1.29 is 0 Å². The van der Waals surface area contributed by atoms with Gasteiger partial charge in [0, 0.05) is 30.7 Å². The Labute approximate surface area is 109 Å². The molecule has 0 amide bonds. The number of aromatic nitrogens is 2. The Hall–Kier alpha value is -0.960. The minimum Gasteiger partial charge on any atom is -0.306 e. The lowest BCUT2D eigenvalue weighted by molar-refractivity contribution is 0.248. The van der Waals surface area contributed by atoms with E-state index >= 15 is 0 Å². The van der Waals surface area contributed by atoms with Gasteiger partial charge in [-0.05, 0) is 44.4 Å². The van der Waals surface area contributed by atoms with Gasteiger partial charge in [-0.2, -0.15) is 0 Å². The molecule has 0 aliphatic heterocycles. The molecule has 0 bridgehead atoms. The van der Waals surface area contributed by atoms with Crippen LogP contribution >= 0.6 is 0 Å². The van der Waals surface area contributed by atoms with Crippen molar-refractivity contribution >= 4 is 0 Å². The van der Waals surface area contributed by atoms with Gasteiger partial charge < -0.3 is 5.32 Å². The number of hydrogen-bond donors (Lipinski definition) is 1. The van der Waals surface area contributed by atoms with Gasteiger partial charge in [0.15, 0.2) is 0 Å². The summed E-state index contributed by atoms with van der Waals surface area (Å²) in [5.74, 6) is 2.05. The highest BCUT2D eigenvalue weighted by Gasteiger charge is 2.34. The average Bonchev–Trinajstić information content (AvgIpc) is 3.24. The predicted molar refractivity (Wildman–Crippen MR) is 72.1 cm³/mol. The van der Waals surface area contributed by atoms with Crippen molar-refractivity contribution in [1.29, 1.82) is 0 Å². The Kier molecular flexibility index (Phi) is 3.59. The van der Waals surface area contributed by atoms with Gasteiger partial charge in [0.05, 0.1) is 5.69 Å². The highest BCUT2D eigenvalue weighted by atomic mass is 15.0.